The van der Waals surface area contributed by atoms with Crippen LogP contribution in [0.15, 0.2) is 140 Å². The molecule has 3 aromatic carbocycles. The Bertz CT molecular complexity index is 2100. The summed E-state index contributed by atoms with van der Waals surface area (Å²) in [6.45, 7) is 0. The van der Waals surface area contributed by atoms with Crippen molar-refractivity contribution in [3.8, 4) is 51.2 Å². The van der Waals surface area contributed by atoms with Crippen molar-refractivity contribution in [1.29, 1.82) is 0 Å². The van der Waals surface area contributed by atoms with Gasteiger partial charge in [0.1, 0.15) is 5.69 Å². The molecule has 0 aliphatic heterocycles. The van der Waals surface area contributed by atoms with E-state index >= 15 is 0 Å². The number of nitrogens with zero attached hydrogens (tertiary/aromatic N) is 7. The van der Waals surface area contributed by atoms with E-state index in [0.29, 0.717) is 28.7 Å². The summed E-state index contributed by atoms with van der Waals surface area (Å²) in [7, 11) is 0. The number of rotatable bonds is 5. The lowest BCUT2D eigenvalue weighted by atomic mass is 10.1. The lowest BCUT2D eigenvalue weighted by Crippen LogP contribution is -1.99. The second-order valence-corrected chi connectivity index (χ2v) is 10.1. The first-order valence-electron chi connectivity index (χ1n) is 14.0. The van der Waals surface area contributed by atoms with Crippen LogP contribution in [-0.2, 0) is 0 Å². The summed E-state index contributed by atoms with van der Waals surface area (Å²) >= 11 is 0. The molecule has 0 amide bonds. The Hall–Kier alpha value is -6.08. The van der Waals surface area contributed by atoms with Crippen LogP contribution in [0.5, 0.6) is 0 Å². The van der Waals surface area contributed by atoms with Crippen LogP contribution in [0.2, 0.25) is 0 Å². The molecule has 0 N–H and O–H groups in total. The molecule has 202 valence electrons. The smallest absolute Gasteiger partial charge is 0.179 e. The van der Waals surface area contributed by atoms with Crippen molar-refractivity contribution in [2.24, 2.45) is 0 Å². The SMILES string of the molecule is c1ccc(-c2cc(-c3cnc(-c4ccc(-n5c6ccccc6c6ccccc65)cc4)nc3)nc(-c3ccccn3)n2)nc1. The van der Waals surface area contributed by atoms with Crippen molar-refractivity contribution >= 4 is 21.8 Å². The number of fused-ring (bicyclic) bond motifs is 3. The van der Waals surface area contributed by atoms with E-state index < -0.39 is 0 Å². The van der Waals surface area contributed by atoms with Gasteiger partial charge in [-0.1, -0.05) is 48.5 Å². The number of hydrogen-bond acceptors (Lipinski definition) is 6. The van der Waals surface area contributed by atoms with Crippen molar-refractivity contribution in [3.05, 3.63) is 140 Å². The van der Waals surface area contributed by atoms with Gasteiger partial charge in [-0.05, 0) is 66.7 Å². The maximum Gasteiger partial charge on any atom is 0.179 e. The molecule has 0 bridgehead atoms. The molecule has 43 heavy (non-hydrogen) atoms. The van der Waals surface area contributed by atoms with E-state index in [1.807, 2.05) is 42.5 Å². The number of hydrogen-bond donors (Lipinski definition) is 0. The van der Waals surface area contributed by atoms with Crippen molar-refractivity contribution in [3.63, 3.8) is 0 Å². The van der Waals surface area contributed by atoms with E-state index in [0.717, 1.165) is 22.5 Å². The number of benzene rings is 3. The third kappa shape index (κ3) is 4.49. The first kappa shape index (κ1) is 24.7. The van der Waals surface area contributed by atoms with Gasteiger partial charge in [0.05, 0.1) is 28.1 Å². The Morgan fingerprint density at radius 1 is 0.419 bits per heavy atom. The predicted molar refractivity (Wildman–Crippen MR) is 169 cm³/mol. The summed E-state index contributed by atoms with van der Waals surface area (Å²) < 4.78 is 2.30. The molecule has 0 saturated heterocycles. The van der Waals surface area contributed by atoms with Crippen LogP contribution in [0.3, 0.4) is 0 Å². The molecule has 8 rings (SSSR count). The van der Waals surface area contributed by atoms with E-state index in [1.54, 1.807) is 24.8 Å². The second kappa shape index (κ2) is 10.4. The Labute approximate surface area is 247 Å². The second-order valence-electron chi connectivity index (χ2n) is 10.1. The zero-order chi connectivity index (χ0) is 28.6. The van der Waals surface area contributed by atoms with Crippen LogP contribution < -0.4 is 0 Å². The molecule has 5 aromatic heterocycles. The molecular weight excluding hydrogens is 530 g/mol. The van der Waals surface area contributed by atoms with E-state index in [9.17, 15) is 0 Å². The number of pyridine rings is 2. The fraction of sp³-hybridized carbons (Fsp3) is 0. The Balaban J connectivity index is 1.15. The van der Waals surface area contributed by atoms with Gasteiger partial charge in [-0.2, -0.15) is 0 Å². The minimum absolute atomic E-state index is 0.517. The van der Waals surface area contributed by atoms with Gasteiger partial charge in [-0.3, -0.25) is 9.97 Å². The highest BCUT2D eigenvalue weighted by atomic mass is 15.0. The lowest BCUT2D eigenvalue weighted by Gasteiger charge is -2.10. The third-order valence-corrected chi connectivity index (χ3v) is 7.46. The van der Waals surface area contributed by atoms with E-state index in [-0.39, 0.29) is 0 Å². The normalized spacial score (nSPS) is 11.3. The van der Waals surface area contributed by atoms with Gasteiger partial charge < -0.3 is 4.57 Å². The summed E-state index contributed by atoms with van der Waals surface area (Å²) in [5, 5.41) is 2.48. The topological polar surface area (TPSA) is 82.3 Å². The van der Waals surface area contributed by atoms with Gasteiger partial charge in [-0.25, -0.2) is 19.9 Å². The van der Waals surface area contributed by atoms with Gasteiger partial charge in [0.15, 0.2) is 11.6 Å². The largest absolute Gasteiger partial charge is 0.309 e. The highest BCUT2D eigenvalue weighted by Gasteiger charge is 2.14. The average Bonchev–Trinajstić information content (AvgIpc) is 3.43. The molecule has 0 radical (unpaired) electrons. The molecule has 5 heterocycles. The Morgan fingerprint density at radius 2 is 1.00 bits per heavy atom. The van der Waals surface area contributed by atoms with Crippen LogP contribution in [0, 0.1) is 0 Å². The molecule has 0 fully saturated rings. The van der Waals surface area contributed by atoms with Crippen molar-refractivity contribution in [2.75, 3.05) is 0 Å². The molecule has 0 saturated carbocycles. The lowest BCUT2D eigenvalue weighted by molar-refractivity contribution is 1.12. The van der Waals surface area contributed by atoms with Gasteiger partial charge in [0.2, 0.25) is 0 Å². The molecule has 0 aliphatic carbocycles. The summed E-state index contributed by atoms with van der Waals surface area (Å²) in [6, 6.07) is 38.7. The fourth-order valence-electron chi connectivity index (χ4n) is 5.42. The van der Waals surface area contributed by atoms with Crippen molar-refractivity contribution < 1.29 is 0 Å². The van der Waals surface area contributed by atoms with Gasteiger partial charge >= 0.3 is 0 Å². The van der Waals surface area contributed by atoms with E-state index in [1.165, 1.54) is 21.8 Å². The van der Waals surface area contributed by atoms with Crippen molar-refractivity contribution in [2.45, 2.75) is 0 Å². The van der Waals surface area contributed by atoms with Crippen LogP contribution in [-0.4, -0.2) is 34.5 Å². The van der Waals surface area contributed by atoms with Crippen LogP contribution in [0.1, 0.15) is 0 Å². The number of para-hydroxylation sites is 2. The minimum Gasteiger partial charge on any atom is -0.309 e. The summed E-state index contributed by atoms with van der Waals surface area (Å²) in [5.74, 6) is 1.16. The Morgan fingerprint density at radius 3 is 1.63 bits per heavy atom. The van der Waals surface area contributed by atoms with E-state index in [2.05, 4.69) is 87.3 Å². The molecular formula is C36H23N7. The first-order valence-corrected chi connectivity index (χ1v) is 14.0. The first-order chi connectivity index (χ1) is 21.3. The molecule has 0 unspecified atom stereocenters. The van der Waals surface area contributed by atoms with Gasteiger partial charge in [0.25, 0.3) is 0 Å². The molecule has 0 aliphatic rings. The fourth-order valence-corrected chi connectivity index (χ4v) is 5.42. The number of aromatic nitrogens is 7. The van der Waals surface area contributed by atoms with Crippen molar-refractivity contribution in [1.82, 2.24) is 34.5 Å². The maximum absolute atomic E-state index is 4.81. The summed E-state index contributed by atoms with van der Waals surface area (Å²) in [6.07, 6.45) is 7.09. The predicted octanol–water partition coefficient (Wildman–Crippen LogP) is 7.82. The molecule has 8 aromatic rings. The zero-order valence-corrected chi connectivity index (χ0v) is 22.9. The standard InChI is InChI=1S/C36H23N7/c1-3-13-33-27(9-1)28-10-2-4-14-34(28)43(33)26-17-15-24(16-18-26)35-39-22-25(23-40-35)31-21-32(29-11-5-7-19-37-29)42-36(41-31)30-12-6-8-20-38-30/h1-23H. The highest BCUT2D eigenvalue weighted by molar-refractivity contribution is 6.09. The van der Waals surface area contributed by atoms with Gasteiger partial charge in [-0.15, -0.1) is 0 Å². The quantitative estimate of drug-likeness (QED) is 0.216. The summed E-state index contributed by atoms with van der Waals surface area (Å²) in [5.41, 5.74) is 7.99. The molecule has 0 spiro atoms. The van der Waals surface area contributed by atoms with Crippen LogP contribution in [0.25, 0.3) is 73.0 Å². The zero-order valence-electron chi connectivity index (χ0n) is 22.9. The molecule has 7 nitrogen and oxygen atoms in total. The Kier molecular flexibility index (Phi) is 5.97. The van der Waals surface area contributed by atoms with Gasteiger partial charge in [0, 0.05) is 52.4 Å². The molecule has 0 atom stereocenters. The van der Waals surface area contributed by atoms with Crippen LogP contribution >= 0.6 is 0 Å². The monoisotopic (exact) mass is 553 g/mol. The summed E-state index contributed by atoms with van der Waals surface area (Å²) in [4.78, 5) is 27.9. The molecule has 7 heteroatoms. The minimum atomic E-state index is 0.517. The average molecular weight is 554 g/mol. The third-order valence-electron chi connectivity index (χ3n) is 7.46. The van der Waals surface area contributed by atoms with Crippen LogP contribution in [0.4, 0.5) is 0 Å². The maximum atomic E-state index is 4.81. The highest BCUT2D eigenvalue weighted by Crippen LogP contribution is 2.32. The van der Waals surface area contributed by atoms with E-state index in [4.69, 9.17) is 19.9 Å².